The molecule has 0 aliphatic rings. The van der Waals surface area contributed by atoms with E-state index in [-0.39, 0.29) is 41.2 Å². The van der Waals surface area contributed by atoms with E-state index in [0.29, 0.717) is 18.9 Å². The van der Waals surface area contributed by atoms with Crippen LogP contribution in [0.3, 0.4) is 0 Å². The first-order valence-corrected chi connectivity index (χ1v) is 10.4. The van der Waals surface area contributed by atoms with Crippen molar-refractivity contribution in [2.75, 3.05) is 25.6 Å². The van der Waals surface area contributed by atoms with E-state index >= 15 is 0 Å². The number of hydrogen-bond acceptors (Lipinski definition) is 3. The summed E-state index contributed by atoms with van der Waals surface area (Å²) in [4.78, 5) is 4.20. The van der Waals surface area contributed by atoms with Crippen molar-refractivity contribution in [1.29, 1.82) is 0 Å². The van der Waals surface area contributed by atoms with Crippen molar-refractivity contribution in [3.63, 3.8) is 0 Å². The molecule has 0 saturated heterocycles. The molecule has 1 atom stereocenters. The van der Waals surface area contributed by atoms with E-state index in [2.05, 4.69) is 29.5 Å². The molecule has 0 aliphatic heterocycles. The minimum Gasteiger partial charge on any atom is -0.356 e. The van der Waals surface area contributed by atoms with Gasteiger partial charge in [0.25, 0.3) is 0 Å². The highest BCUT2D eigenvalue weighted by Gasteiger charge is 2.23. The summed E-state index contributed by atoms with van der Waals surface area (Å²) in [5.41, 5.74) is 0.895. The molecular formula is C17H29ClIN3O2S. The fourth-order valence-corrected chi connectivity index (χ4v) is 3.47. The van der Waals surface area contributed by atoms with Gasteiger partial charge in [-0.2, -0.15) is 0 Å². The first-order chi connectivity index (χ1) is 11.0. The van der Waals surface area contributed by atoms with Crippen molar-refractivity contribution in [2.45, 2.75) is 38.6 Å². The van der Waals surface area contributed by atoms with E-state index in [1.165, 1.54) is 6.26 Å². The maximum absolute atomic E-state index is 11.3. The third-order valence-electron chi connectivity index (χ3n) is 3.83. The molecule has 1 aromatic rings. The number of sulfone groups is 1. The van der Waals surface area contributed by atoms with E-state index in [9.17, 15) is 8.42 Å². The van der Waals surface area contributed by atoms with Crippen LogP contribution in [0.25, 0.3) is 0 Å². The Labute approximate surface area is 174 Å². The number of benzene rings is 1. The van der Waals surface area contributed by atoms with Crippen LogP contribution in [0, 0.1) is 0 Å². The Balaban J connectivity index is 0.00000576. The lowest BCUT2D eigenvalue weighted by Gasteiger charge is -2.28. The highest BCUT2D eigenvalue weighted by molar-refractivity contribution is 14.0. The molecule has 0 aliphatic carbocycles. The molecule has 25 heavy (non-hydrogen) atoms. The summed E-state index contributed by atoms with van der Waals surface area (Å²) in [6.07, 6.45) is 1.78. The molecule has 0 bridgehead atoms. The molecular weight excluding hydrogens is 473 g/mol. The summed E-state index contributed by atoms with van der Waals surface area (Å²) >= 11 is 6.30. The van der Waals surface area contributed by atoms with Crippen LogP contribution >= 0.6 is 35.6 Å². The minimum absolute atomic E-state index is 0. The molecule has 0 radical (unpaired) electrons. The van der Waals surface area contributed by atoms with Crippen molar-refractivity contribution < 1.29 is 8.42 Å². The summed E-state index contributed by atoms with van der Waals surface area (Å²) in [5.74, 6) is 0.805. The maximum Gasteiger partial charge on any atom is 0.191 e. The monoisotopic (exact) mass is 501 g/mol. The lowest BCUT2D eigenvalue weighted by molar-refractivity contribution is 0.504. The van der Waals surface area contributed by atoms with Crippen LogP contribution in [-0.2, 0) is 15.3 Å². The van der Waals surface area contributed by atoms with Crippen molar-refractivity contribution in [3.05, 3.63) is 34.9 Å². The van der Waals surface area contributed by atoms with E-state index in [4.69, 9.17) is 11.6 Å². The Bertz CT molecular complexity index is 678. The highest BCUT2D eigenvalue weighted by atomic mass is 127. The normalized spacial score (nSPS) is 13.8. The number of nitrogens with zero attached hydrogens (tertiary/aromatic N) is 1. The predicted molar refractivity (Wildman–Crippen MR) is 118 cm³/mol. The number of aliphatic imine (C=N–C) groups is 1. The van der Waals surface area contributed by atoms with Gasteiger partial charge in [0.1, 0.15) is 9.84 Å². The number of guanidine groups is 1. The zero-order valence-electron chi connectivity index (χ0n) is 15.5. The fraction of sp³-hybridized carbons (Fsp3) is 0.588. The van der Waals surface area contributed by atoms with Gasteiger partial charge in [0.15, 0.2) is 5.96 Å². The van der Waals surface area contributed by atoms with Gasteiger partial charge in [-0.25, -0.2) is 8.42 Å². The number of hydrogen-bond donors (Lipinski definition) is 2. The van der Waals surface area contributed by atoms with Gasteiger partial charge in [-0.05, 0) is 25.0 Å². The van der Waals surface area contributed by atoms with Gasteiger partial charge in [-0.1, -0.05) is 43.6 Å². The largest absolute Gasteiger partial charge is 0.356 e. The molecule has 0 heterocycles. The van der Waals surface area contributed by atoms with Gasteiger partial charge in [-0.15, -0.1) is 24.0 Å². The van der Waals surface area contributed by atoms with E-state index in [1.54, 1.807) is 7.05 Å². The van der Waals surface area contributed by atoms with Crippen molar-refractivity contribution in [1.82, 2.24) is 10.6 Å². The summed E-state index contributed by atoms with van der Waals surface area (Å²) < 4.78 is 22.5. The predicted octanol–water partition coefficient (Wildman–Crippen LogP) is 3.22. The molecule has 0 fully saturated rings. The smallest absolute Gasteiger partial charge is 0.191 e. The van der Waals surface area contributed by atoms with E-state index < -0.39 is 9.84 Å². The average molecular weight is 502 g/mol. The summed E-state index contributed by atoms with van der Waals surface area (Å²) in [5, 5.41) is 7.26. The second-order valence-corrected chi connectivity index (χ2v) is 9.42. The molecule has 1 aromatic carbocycles. The topological polar surface area (TPSA) is 70.6 Å². The van der Waals surface area contributed by atoms with Crippen molar-refractivity contribution >= 4 is 51.4 Å². The Morgan fingerprint density at radius 3 is 2.44 bits per heavy atom. The fourth-order valence-electron chi connectivity index (χ4n) is 2.30. The molecule has 0 spiro atoms. The Kier molecular flexibility index (Phi) is 10.3. The lowest BCUT2D eigenvalue weighted by atomic mass is 9.84. The zero-order chi connectivity index (χ0) is 18.4. The molecule has 0 saturated carbocycles. The third-order valence-corrected chi connectivity index (χ3v) is 5.14. The van der Waals surface area contributed by atoms with Crippen LogP contribution in [0.1, 0.15) is 32.8 Å². The SMILES string of the molecule is CN=C(NCC(C)(C)c1ccccc1Cl)NC(C)CCS(C)(=O)=O.I. The third kappa shape index (κ3) is 9.10. The average Bonchev–Trinajstić information content (AvgIpc) is 2.49. The Morgan fingerprint density at radius 2 is 1.92 bits per heavy atom. The molecule has 0 amide bonds. The van der Waals surface area contributed by atoms with Gasteiger partial charge >= 0.3 is 0 Å². The van der Waals surface area contributed by atoms with Crippen molar-refractivity contribution in [2.24, 2.45) is 4.99 Å². The van der Waals surface area contributed by atoms with Crippen LogP contribution in [0.4, 0.5) is 0 Å². The molecule has 8 heteroatoms. The van der Waals surface area contributed by atoms with Crippen LogP contribution in [0.15, 0.2) is 29.3 Å². The summed E-state index contributed by atoms with van der Waals surface area (Å²) in [7, 11) is -1.26. The quantitative estimate of drug-likeness (QED) is 0.342. The minimum atomic E-state index is -2.95. The number of rotatable bonds is 7. The van der Waals surface area contributed by atoms with Crippen LogP contribution < -0.4 is 10.6 Å². The number of nitrogens with one attached hydrogen (secondary N) is 2. The standard InChI is InChI=1S/C17H28ClN3O2S.HI/c1-13(10-11-24(5,22)23)21-16(19-4)20-12-17(2,3)14-8-6-7-9-15(14)18;/h6-9,13H,10-12H2,1-5H3,(H2,19,20,21);1H. The van der Waals surface area contributed by atoms with Crippen LogP contribution in [0.5, 0.6) is 0 Å². The Hall–Kier alpha value is -0.540. The Morgan fingerprint density at radius 1 is 1.32 bits per heavy atom. The highest BCUT2D eigenvalue weighted by Crippen LogP contribution is 2.28. The molecule has 0 aromatic heterocycles. The second-order valence-electron chi connectivity index (χ2n) is 6.75. The second kappa shape index (κ2) is 10.6. The molecule has 2 N–H and O–H groups in total. The maximum atomic E-state index is 11.3. The van der Waals surface area contributed by atoms with E-state index in [1.807, 2.05) is 31.2 Å². The van der Waals surface area contributed by atoms with Crippen LogP contribution in [0.2, 0.25) is 5.02 Å². The molecule has 1 unspecified atom stereocenters. The van der Waals surface area contributed by atoms with Gasteiger partial charge in [0.05, 0.1) is 5.75 Å². The zero-order valence-corrected chi connectivity index (χ0v) is 19.4. The lowest BCUT2D eigenvalue weighted by Crippen LogP contribution is -2.46. The molecule has 5 nitrogen and oxygen atoms in total. The molecule has 144 valence electrons. The van der Waals surface area contributed by atoms with Gasteiger partial charge in [0, 0.05) is 36.3 Å². The van der Waals surface area contributed by atoms with Gasteiger partial charge in [0.2, 0.25) is 0 Å². The first kappa shape index (κ1) is 24.5. The van der Waals surface area contributed by atoms with Crippen LogP contribution in [-0.4, -0.2) is 46.0 Å². The number of halogens is 2. The molecule has 1 rings (SSSR count). The van der Waals surface area contributed by atoms with E-state index in [0.717, 1.165) is 10.6 Å². The van der Waals surface area contributed by atoms with Gasteiger partial charge in [-0.3, -0.25) is 4.99 Å². The summed E-state index contributed by atoms with van der Waals surface area (Å²) in [6, 6.07) is 7.81. The first-order valence-electron chi connectivity index (χ1n) is 7.95. The summed E-state index contributed by atoms with van der Waals surface area (Å²) in [6.45, 7) is 6.82. The van der Waals surface area contributed by atoms with Gasteiger partial charge < -0.3 is 10.6 Å². The van der Waals surface area contributed by atoms with Crippen molar-refractivity contribution in [3.8, 4) is 0 Å².